The van der Waals surface area contributed by atoms with Crippen LogP contribution in [0.2, 0.25) is 0 Å². The molecule has 1 fully saturated rings. The Hall–Kier alpha value is -3.18. The molecule has 11 heteroatoms. The minimum atomic E-state index is -4.64. The summed E-state index contributed by atoms with van der Waals surface area (Å²) in [6.07, 6.45) is -4.64. The van der Waals surface area contributed by atoms with Gasteiger partial charge in [0.1, 0.15) is 5.69 Å². The molecule has 4 rings (SSSR count). The van der Waals surface area contributed by atoms with Crippen LogP contribution in [0.1, 0.15) is 16.1 Å². The summed E-state index contributed by atoms with van der Waals surface area (Å²) in [6.45, 7) is 0.168. The van der Waals surface area contributed by atoms with E-state index in [1.54, 1.807) is 6.07 Å². The van der Waals surface area contributed by atoms with E-state index in [-0.39, 0.29) is 37.8 Å². The first kappa shape index (κ1) is 22.0. The number of halogens is 3. The summed E-state index contributed by atoms with van der Waals surface area (Å²) in [5.41, 5.74) is 0.707. The van der Waals surface area contributed by atoms with Crippen LogP contribution in [0.3, 0.4) is 0 Å². The molecule has 0 aliphatic carbocycles. The Morgan fingerprint density at radius 2 is 1.62 bits per heavy atom. The second kappa shape index (κ2) is 8.40. The molecule has 1 amide bonds. The van der Waals surface area contributed by atoms with Crippen LogP contribution in [0.25, 0.3) is 11.3 Å². The van der Waals surface area contributed by atoms with Crippen molar-refractivity contribution >= 4 is 15.9 Å². The molecule has 3 aromatic rings. The standard InChI is InChI=1S/C21H19F3N4O3S/c22-21(23,24)16-7-4-8-17(13-16)32(30,31)28-11-9-27(10-12-28)20(29)19-14-18(25-26-19)15-5-2-1-3-6-15/h1-8,13-14H,9-12H2,(H,25,26). The van der Waals surface area contributed by atoms with E-state index >= 15 is 0 Å². The molecule has 7 nitrogen and oxygen atoms in total. The number of rotatable bonds is 4. The predicted octanol–water partition coefficient (Wildman–Crippen LogP) is 3.24. The molecule has 0 saturated carbocycles. The molecule has 0 bridgehead atoms. The van der Waals surface area contributed by atoms with Gasteiger partial charge in [-0.3, -0.25) is 9.89 Å². The maximum atomic E-state index is 12.9. The molecule has 0 spiro atoms. The number of sulfonamides is 1. The number of hydrogen-bond acceptors (Lipinski definition) is 4. The van der Waals surface area contributed by atoms with Crippen LogP contribution in [0.5, 0.6) is 0 Å². The van der Waals surface area contributed by atoms with Crippen LogP contribution in [0.15, 0.2) is 65.6 Å². The number of nitrogens with one attached hydrogen (secondary N) is 1. The Morgan fingerprint density at radius 3 is 2.28 bits per heavy atom. The normalized spacial score (nSPS) is 15.7. The second-order valence-electron chi connectivity index (χ2n) is 7.25. The van der Waals surface area contributed by atoms with Gasteiger partial charge in [0.25, 0.3) is 5.91 Å². The fourth-order valence-electron chi connectivity index (χ4n) is 3.47. The lowest BCUT2D eigenvalue weighted by Crippen LogP contribution is -2.50. The molecule has 1 aliphatic rings. The van der Waals surface area contributed by atoms with Gasteiger partial charge in [-0.2, -0.15) is 22.6 Å². The van der Waals surface area contributed by atoms with Crippen molar-refractivity contribution in [1.29, 1.82) is 0 Å². The van der Waals surface area contributed by atoms with Gasteiger partial charge in [0.15, 0.2) is 0 Å². The van der Waals surface area contributed by atoms with E-state index in [1.165, 1.54) is 4.90 Å². The van der Waals surface area contributed by atoms with E-state index in [0.29, 0.717) is 11.8 Å². The summed E-state index contributed by atoms with van der Waals surface area (Å²) in [5.74, 6) is -0.323. The fourth-order valence-corrected chi connectivity index (χ4v) is 4.94. The van der Waals surface area contributed by atoms with Crippen LogP contribution < -0.4 is 0 Å². The first-order chi connectivity index (χ1) is 15.2. The summed E-state index contributed by atoms with van der Waals surface area (Å²) in [7, 11) is -4.12. The Kier molecular flexibility index (Phi) is 5.78. The predicted molar refractivity (Wildman–Crippen MR) is 110 cm³/mol. The molecule has 1 N–H and O–H groups in total. The Labute approximate surface area is 182 Å². The molecule has 168 valence electrons. The topological polar surface area (TPSA) is 86.4 Å². The van der Waals surface area contributed by atoms with Gasteiger partial charge in [0, 0.05) is 31.7 Å². The highest BCUT2D eigenvalue weighted by Gasteiger charge is 2.34. The van der Waals surface area contributed by atoms with Crippen molar-refractivity contribution in [3.63, 3.8) is 0 Å². The largest absolute Gasteiger partial charge is 0.416 e. The molecule has 0 unspecified atom stereocenters. The van der Waals surface area contributed by atoms with Crippen molar-refractivity contribution in [2.75, 3.05) is 26.2 Å². The lowest BCUT2D eigenvalue weighted by atomic mass is 10.1. The summed E-state index contributed by atoms with van der Waals surface area (Å²) >= 11 is 0. The van der Waals surface area contributed by atoms with E-state index in [4.69, 9.17) is 0 Å². The minimum absolute atomic E-state index is 0.0238. The number of amides is 1. The SMILES string of the molecule is O=C(c1cc(-c2ccccc2)n[nH]1)N1CCN(S(=O)(=O)c2cccc(C(F)(F)F)c2)CC1. The number of aromatic amines is 1. The number of alkyl halides is 3. The van der Waals surface area contributed by atoms with Gasteiger partial charge >= 0.3 is 6.18 Å². The Balaban J connectivity index is 1.44. The van der Waals surface area contributed by atoms with Crippen molar-refractivity contribution < 1.29 is 26.4 Å². The molecule has 32 heavy (non-hydrogen) atoms. The van der Waals surface area contributed by atoms with Gasteiger partial charge in [0.2, 0.25) is 10.0 Å². The average molecular weight is 464 g/mol. The zero-order valence-electron chi connectivity index (χ0n) is 16.7. The highest BCUT2D eigenvalue weighted by Crippen LogP contribution is 2.31. The van der Waals surface area contributed by atoms with Crippen LogP contribution in [0, 0.1) is 0 Å². The van der Waals surface area contributed by atoms with Crippen molar-refractivity contribution in [2.24, 2.45) is 0 Å². The highest BCUT2D eigenvalue weighted by atomic mass is 32.2. The van der Waals surface area contributed by atoms with Crippen molar-refractivity contribution in [3.8, 4) is 11.3 Å². The molecule has 2 heterocycles. The lowest BCUT2D eigenvalue weighted by Gasteiger charge is -2.33. The van der Waals surface area contributed by atoms with Crippen molar-refractivity contribution in [3.05, 3.63) is 71.9 Å². The van der Waals surface area contributed by atoms with E-state index in [9.17, 15) is 26.4 Å². The van der Waals surface area contributed by atoms with E-state index < -0.39 is 26.7 Å². The Bertz CT molecular complexity index is 1220. The fraction of sp³-hybridized carbons (Fsp3) is 0.238. The lowest BCUT2D eigenvalue weighted by molar-refractivity contribution is -0.137. The van der Waals surface area contributed by atoms with Crippen molar-refractivity contribution in [1.82, 2.24) is 19.4 Å². The van der Waals surface area contributed by atoms with Crippen LogP contribution >= 0.6 is 0 Å². The third-order valence-corrected chi connectivity index (χ3v) is 7.10. The number of aromatic nitrogens is 2. The molecule has 0 radical (unpaired) electrons. The third kappa shape index (κ3) is 4.39. The third-order valence-electron chi connectivity index (χ3n) is 5.20. The maximum Gasteiger partial charge on any atom is 0.416 e. The molecule has 0 atom stereocenters. The molecule has 1 aliphatic heterocycles. The minimum Gasteiger partial charge on any atom is -0.335 e. The maximum absolute atomic E-state index is 12.9. The summed E-state index contributed by atoms with van der Waals surface area (Å²) in [6, 6.07) is 14.6. The van der Waals surface area contributed by atoms with Gasteiger partial charge in [-0.25, -0.2) is 8.42 Å². The number of carbonyl (C=O) groups excluding carboxylic acids is 1. The van der Waals surface area contributed by atoms with Crippen LogP contribution in [-0.2, 0) is 16.2 Å². The molecular formula is C21H19F3N4O3S. The number of piperazine rings is 1. The first-order valence-electron chi connectivity index (χ1n) is 9.74. The van der Waals surface area contributed by atoms with Gasteiger partial charge in [-0.05, 0) is 24.3 Å². The average Bonchev–Trinajstić information content (AvgIpc) is 3.29. The number of H-pyrrole nitrogens is 1. The first-order valence-corrected chi connectivity index (χ1v) is 11.2. The monoisotopic (exact) mass is 464 g/mol. The number of benzene rings is 2. The molecular weight excluding hydrogens is 445 g/mol. The van der Waals surface area contributed by atoms with E-state index in [1.807, 2.05) is 30.3 Å². The van der Waals surface area contributed by atoms with Crippen LogP contribution in [0.4, 0.5) is 13.2 Å². The zero-order valence-corrected chi connectivity index (χ0v) is 17.5. The van der Waals surface area contributed by atoms with Gasteiger partial charge in [-0.15, -0.1) is 0 Å². The summed E-state index contributed by atoms with van der Waals surface area (Å²) in [4.78, 5) is 13.9. The number of hydrogen-bond donors (Lipinski definition) is 1. The van der Waals surface area contributed by atoms with E-state index in [2.05, 4.69) is 10.2 Å². The molecule has 1 saturated heterocycles. The van der Waals surface area contributed by atoms with Crippen molar-refractivity contribution in [2.45, 2.75) is 11.1 Å². The zero-order chi connectivity index (χ0) is 22.9. The quantitative estimate of drug-likeness (QED) is 0.642. The number of nitrogens with zero attached hydrogens (tertiary/aromatic N) is 3. The van der Waals surface area contributed by atoms with Gasteiger partial charge in [-0.1, -0.05) is 36.4 Å². The van der Waals surface area contributed by atoms with Gasteiger partial charge < -0.3 is 4.90 Å². The summed E-state index contributed by atoms with van der Waals surface area (Å²) in [5, 5.41) is 6.86. The molecule has 1 aromatic heterocycles. The van der Waals surface area contributed by atoms with E-state index in [0.717, 1.165) is 28.1 Å². The van der Waals surface area contributed by atoms with Crippen LogP contribution in [-0.4, -0.2) is 59.9 Å². The second-order valence-corrected chi connectivity index (χ2v) is 9.19. The molecule has 2 aromatic carbocycles. The smallest absolute Gasteiger partial charge is 0.335 e. The highest BCUT2D eigenvalue weighted by molar-refractivity contribution is 7.89. The number of carbonyl (C=O) groups is 1. The Morgan fingerprint density at radius 1 is 0.938 bits per heavy atom. The van der Waals surface area contributed by atoms with Gasteiger partial charge in [0.05, 0.1) is 16.2 Å². The summed E-state index contributed by atoms with van der Waals surface area (Å²) < 4.78 is 65.6.